The number of ether oxygens (including phenoxy) is 1. The lowest BCUT2D eigenvalue weighted by Crippen LogP contribution is -2.00. The van der Waals surface area contributed by atoms with E-state index in [0.717, 1.165) is 16.6 Å². The highest BCUT2D eigenvalue weighted by atomic mass is 35.5. The molecule has 90 valence electrons. The molecule has 0 unspecified atom stereocenters. The number of methoxy groups -OCH3 is 1. The molecule has 0 N–H and O–H groups in total. The minimum atomic E-state index is 0.665. The molecule has 0 bridgehead atoms. The first-order chi connectivity index (χ1) is 8.31. The largest absolute Gasteiger partial charge is 0.384 e. The van der Waals surface area contributed by atoms with Crippen molar-refractivity contribution in [1.29, 1.82) is 0 Å². The van der Waals surface area contributed by atoms with Crippen LogP contribution in [0.2, 0.25) is 5.02 Å². The van der Waals surface area contributed by atoms with Gasteiger partial charge in [0.15, 0.2) is 0 Å². The molecule has 7 heteroatoms. The first kappa shape index (κ1) is 12.3. The van der Waals surface area contributed by atoms with Gasteiger partial charge in [-0.15, -0.1) is 5.10 Å². The van der Waals surface area contributed by atoms with Gasteiger partial charge in [-0.25, -0.2) is 0 Å². The molecule has 0 spiro atoms. The van der Waals surface area contributed by atoms with Crippen LogP contribution in [0.1, 0.15) is 0 Å². The predicted octanol–water partition coefficient (Wildman–Crippen LogP) is 2.05. The Labute approximate surface area is 108 Å². The Hall–Kier alpha value is -1.11. The van der Waals surface area contributed by atoms with Crippen molar-refractivity contribution in [3.05, 3.63) is 29.3 Å². The summed E-state index contributed by atoms with van der Waals surface area (Å²) in [6.45, 7) is 0.665. The second-order valence-electron chi connectivity index (χ2n) is 3.19. The minimum Gasteiger partial charge on any atom is -0.384 e. The van der Waals surface area contributed by atoms with Crippen LogP contribution in [0.25, 0.3) is 5.69 Å². The van der Waals surface area contributed by atoms with Crippen LogP contribution < -0.4 is 0 Å². The molecule has 1 aromatic heterocycles. The minimum absolute atomic E-state index is 0.665. The zero-order valence-corrected chi connectivity index (χ0v) is 10.8. The van der Waals surface area contributed by atoms with E-state index in [0.29, 0.717) is 11.6 Å². The Balaban J connectivity index is 2.15. The molecular weight excluding hydrogens is 260 g/mol. The van der Waals surface area contributed by atoms with E-state index in [4.69, 9.17) is 16.3 Å². The topological polar surface area (TPSA) is 52.8 Å². The molecule has 0 saturated carbocycles. The van der Waals surface area contributed by atoms with Crippen molar-refractivity contribution in [2.45, 2.75) is 5.16 Å². The van der Waals surface area contributed by atoms with Crippen molar-refractivity contribution in [2.75, 3.05) is 19.5 Å². The lowest BCUT2D eigenvalue weighted by molar-refractivity contribution is 0.218. The predicted molar refractivity (Wildman–Crippen MR) is 66.8 cm³/mol. The molecule has 0 aliphatic rings. The van der Waals surface area contributed by atoms with Crippen LogP contribution in [0.15, 0.2) is 29.4 Å². The Kier molecular flexibility index (Phi) is 4.36. The summed E-state index contributed by atoms with van der Waals surface area (Å²) in [5.74, 6) is 0.810. The summed E-state index contributed by atoms with van der Waals surface area (Å²) in [4.78, 5) is 0. The van der Waals surface area contributed by atoms with Crippen LogP contribution in [-0.2, 0) is 4.74 Å². The van der Waals surface area contributed by atoms with E-state index in [1.807, 2.05) is 24.3 Å². The van der Waals surface area contributed by atoms with E-state index in [1.54, 1.807) is 23.6 Å². The summed E-state index contributed by atoms with van der Waals surface area (Å²) in [7, 11) is 1.67. The van der Waals surface area contributed by atoms with Crippen molar-refractivity contribution in [3.63, 3.8) is 0 Å². The Morgan fingerprint density at radius 3 is 2.82 bits per heavy atom. The van der Waals surface area contributed by atoms with Crippen LogP contribution in [-0.4, -0.2) is 39.7 Å². The number of hydrogen-bond donors (Lipinski definition) is 0. The molecule has 0 atom stereocenters. The van der Waals surface area contributed by atoms with Crippen LogP contribution in [0.5, 0.6) is 0 Å². The summed E-state index contributed by atoms with van der Waals surface area (Å²) in [5.41, 5.74) is 0.888. The molecule has 0 aliphatic heterocycles. The monoisotopic (exact) mass is 270 g/mol. The van der Waals surface area contributed by atoms with Gasteiger partial charge in [0, 0.05) is 17.9 Å². The van der Waals surface area contributed by atoms with E-state index in [1.165, 1.54) is 0 Å². The maximum atomic E-state index is 5.83. The molecule has 5 nitrogen and oxygen atoms in total. The number of nitrogens with zero attached hydrogens (tertiary/aromatic N) is 4. The molecule has 0 amide bonds. The number of thioether (sulfide) groups is 1. The lowest BCUT2D eigenvalue weighted by Gasteiger charge is -2.03. The molecule has 1 aromatic carbocycles. The van der Waals surface area contributed by atoms with Gasteiger partial charge in [-0.1, -0.05) is 23.4 Å². The number of halogens is 1. The van der Waals surface area contributed by atoms with E-state index < -0.39 is 0 Å². The van der Waals surface area contributed by atoms with Crippen LogP contribution in [0.3, 0.4) is 0 Å². The smallest absolute Gasteiger partial charge is 0.214 e. The standard InChI is InChI=1S/C10H11ClN4OS/c1-16-6-7-17-10-12-13-14-15(10)9-4-2-8(11)3-5-9/h2-5H,6-7H2,1H3. The summed E-state index contributed by atoms with van der Waals surface area (Å²) < 4.78 is 6.66. The first-order valence-electron chi connectivity index (χ1n) is 4.97. The second-order valence-corrected chi connectivity index (χ2v) is 4.69. The van der Waals surface area contributed by atoms with Crippen molar-refractivity contribution in [2.24, 2.45) is 0 Å². The van der Waals surface area contributed by atoms with Gasteiger partial charge in [-0.2, -0.15) is 4.68 Å². The number of hydrogen-bond acceptors (Lipinski definition) is 5. The van der Waals surface area contributed by atoms with Gasteiger partial charge in [0.1, 0.15) is 0 Å². The molecule has 2 aromatic rings. The fourth-order valence-corrected chi connectivity index (χ4v) is 2.15. The third-order valence-electron chi connectivity index (χ3n) is 2.03. The molecule has 1 heterocycles. The zero-order valence-electron chi connectivity index (χ0n) is 9.21. The Morgan fingerprint density at radius 1 is 1.35 bits per heavy atom. The average molecular weight is 271 g/mol. The quantitative estimate of drug-likeness (QED) is 0.615. The fraction of sp³-hybridized carbons (Fsp3) is 0.300. The highest BCUT2D eigenvalue weighted by Gasteiger charge is 2.08. The van der Waals surface area contributed by atoms with Crippen molar-refractivity contribution in [3.8, 4) is 5.69 Å². The van der Waals surface area contributed by atoms with E-state index in [2.05, 4.69) is 15.5 Å². The van der Waals surface area contributed by atoms with Crippen molar-refractivity contribution >= 4 is 23.4 Å². The highest BCUT2D eigenvalue weighted by molar-refractivity contribution is 7.99. The van der Waals surface area contributed by atoms with E-state index in [9.17, 15) is 0 Å². The molecule has 0 aliphatic carbocycles. The molecular formula is C10H11ClN4OS. The number of rotatable bonds is 5. The van der Waals surface area contributed by atoms with E-state index >= 15 is 0 Å². The summed E-state index contributed by atoms with van der Waals surface area (Å²) in [6, 6.07) is 7.36. The lowest BCUT2D eigenvalue weighted by atomic mass is 10.3. The van der Waals surface area contributed by atoms with Crippen LogP contribution >= 0.6 is 23.4 Å². The molecule has 17 heavy (non-hydrogen) atoms. The third kappa shape index (κ3) is 3.18. The number of tetrazole rings is 1. The van der Waals surface area contributed by atoms with Crippen molar-refractivity contribution in [1.82, 2.24) is 20.2 Å². The van der Waals surface area contributed by atoms with Gasteiger partial charge in [0.2, 0.25) is 5.16 Å². The molecule has 0 saturated heterocycles. The van der Waals surface area contributed by atoms with Gasteiger partial charge in [-0.3, -0.25) is 0 Å². The molecule has 0 fully saturated rings. The second kappa shape index (κ2) is 6.00. The Morgan fingerprint density at radius 2 is 2.12 bits per heavy atom. The summed E-state index contributed by atoms with van der Waals surface area (Å²) in [5, 5.41) is 13.0. The maximum absolute atomic E-state index is 5.83. The van der Waals surface area contributed by atoms with Crippen molar-refractivity contribution < 1.29 is 4.74 Å². The van der Waals surface area contributed by atoms with E-state index in [-0.39, 0.29) is 0 Å². The molecule has 2 rings (SSSR count). The first-order valence-corrected chi connectivity index (χ1v) is 6.33. The van der Waals surface area contributed by atoms with Crippen LogP contribution in [0.4, 0.5) is 0 Å². The zero-order chi connectivity index (χ0) is 12.1. The van der Waals surface area contributed by atoms with Gasteiger partial charge >= 0.3 is 0 Å². The maximum Gasteiger partial charge on any atom is 0.214 e. The SMILES string of the molecule is COCCSc1nnnn1-c1ccc(Cl)cc1. The summed E-state index contributed by atoms with van der Waals surface area (Å²) in [6.07, 6.45) is 0. The normalized spacial score (nSPS) is 10.7. The number of aromatic nitrogens is 4. The average Bonchev–Trinajstić information content (AvgIpc) is 2.79. The highest BCUT2D eigenvalue weighted by Crippen LogP contribution is 2.19. The van der Waals surface area contributed by atoms with Crippen LogP contribution in [0, 0.1) is 0 Å². The van der Waals surface area contributed by atoms with Gasteiger partial charge in [-0.05, 0) is 34.7 Å². The summed E-state index contributed by atoms with van der Waals surface area (Å²) >= 11 is 7.38. The third-order valence-corrected chi connectivity index (χ3v) is 3.17. The number of benzene rings is 1. The van der Waals surface area contributed by atoms with Gasteiger partial charge < -0.3 is 4.74 Å². The van der Waals surface area contributed by atoms with Gasteiger partial charge in [0.05, 0.1) is 12.3 Å². The molecule has 0 radical (unpaired) electrons. The fourth-order valence-electron chi connectivity index (χ4n) is 1.23. The Bertz CT molecular complexity index is 473. The van der Waals surface area contributed by atoms with Gasteiger partial charge in [0.25, 0.3) is 0 Å².